The molecule has 0 bridgehead atoms. The van der Waals surface area contributed by atoms with Gasteiger partial charge in [0.25, 0.3) is 0 Å². The summed E-state index contributed by atoms with van der Waals surface area (Å²) in [6, 6.07) is 2.64. The highest BCUT2D eigenvalue weighted by atomic mass is 79.9. The molecule has 0 spiro atoms. The molecule has 0 aliphatic heterocycles. The molecule has 0 heterocycles. The van der Waals surface area contributed by atoms with Gasteiger partial charge in [-0.1, -0.05) is 17.7 Å². The Hall–Kier alpha value is -0.590. The highest BCUT2D eigenvalue weighted by Crippen LogP contribution is 2.44. The van der Waals surface area contributed by atoms with Gasteiger partial charge >= 0.3 is 4.83 Å². The molecule has 1 aromatic rings. The predicted octanol–water partition coefficient (Wildman–Crippen LogP) is 3.38. The largest absolute Gasteiger partial charge is 0.493 e. The number of hydrogen-bond acceptors (Lipinski definition) is 3. The van der Waals surface area contributed by atoms with Crippen molar-refractivity contribution in [1.29, 1.82) is 0 Å². The van der Waals surface area contributed by atoms with Crippen molar-refractivity contribution in [2.75, 3.05) is 14.2 Å². The van der Waals surface area contributed by atoms with Crippen molar-refractivity contribution in [3.8, 4) is 11.5 Å². The number of aliphatic hydroxyl groups excluding tert-OH is 1. The second-order valence-corrected chi connectivity index (χ2v) is 4.58. The van der Waals surface area contributed by atoms with Gasteiger partial charge in [-0.2, -0.15) is 8.78 Å². The van der Waals surface area contributed by atoms with Crippen LogP contribution in [0.15, 0.2) is 12.1 Å². The first-order valence-electron chi connectivity index (χ1n) is 4.48. The Balaban J connectivity index is 3.29. The maximum atomic E-state index is 12.9. The van der Waals surface area contributed by atoms with Gasteiger partial charge in [-0.05, 0) is 22.0 Å². The lowest BCUT2D eigenvalue weighted by Gasteiger charge is -2.20. The summed E-state index contributed by atoms with van der Waals surface area (Å²) in [4.78, 5) is -3.48. The van der Waals surface area contributed by atoms with Crippen LogP contribution < -0.4 is 9.47 Å². The van der Waals surface area contributed by atoms with E-state index in [4.69, 9.17) is 21.1 Å². The summed E-state index contributed by atoms with van der Waals surface area (Å²) in [5.41, 5.74) is -0.147. The second kappa shape index (κ2) is 5.37. The van der Waals surface area contributed by atoms with Crippen molar-refractivity contribution in [3.63, 3.8) is 0 Å². The lowest BCUT2D eigenvalue weighted by molar-refractivity contribution is -0.0295. The average Bonchev–Trinajstić information content (AvgIpc) is 2.26. The van der Waals surface area contributed by atoms with E-state index in [1.807, 2.05) is 0 Å². The van der Waals surface area contributed by atoms with Gasteiger partial charge in [0.15, 0.2) is 17.6 Å². The quantitative estimate of drug-likeness (QED) is 0.860. The van der Waals surface area contributed by atoms with Crippen molar-refractivity contribution >= 4 is 27.5 Å². The molecule has 0 aromatic heterocycles. The van der Waals surface area contributed by atoms with Crippen LogP contribution in [-0.4, -0.2) is 24.2 Å². The van der Waals surface area contributed by atoms with Crippen LogP contribution in [0.1, 0.15) is 11.7 Å². The fourth-order valence-electron chi connectivity index (χ4n) is 1.29. The molecule has 1 aromatic carbocycles. The third-order valence-electron chi connectivity index (χ3n) is 2.12. The van der Waals surface area contributed by atoms with Crippen LogP contribution in [0.2, 0.25) is 5.02 Å². The number of hydrogen-bond donors (Lipinski definition) is 1. The summed E-state index contributed by atoms with van der Waals surface area (Å²) >= 11 is 7.96. The minimum Gasteiger partial charge on any atom is -0.493 e. The van der Waals surface area contributed by atoms with Crippen LogP contribution in [0.25, 0.3) is 0 Å². The predicted molar refractivity (Wildman–Crippen MR) is 63.4 cm³/mol. The van der Waals surface area contributed by atoms with Crippen molar-refractivity contribution in [3.05, 3.63) is 22.7 Å². The van der Waals surface area contributed by atoms with Crippen molar-refractivity contribution in [2.24, 2.45) is 0 Å². The monoisotopic (exact) mass is 330 g/mol. The Morgan fingerprint density at radius 1 is 1.35 bits per heavy atom. The Bertz CT molecular complexity index is 409. The zero-order valence-electron chi connectivity index (χ0n) is 9.01. The van der Waals surface area contributed by atoms with Crippen molar-refractivity contribution in [2.45, 2.75) is 10.9 Å². The highest BCUT2D eigenvalue weighted by molar-refractivity contribution is 9.10. The lowest BCUT2D eigenvalue weighted by atomic mass is 10.1. The lowest BCUT2D eigenvalue weighted by Crippen LogP contribution is -2.18. The number of rotatable bonds is 4. The summed E-state index contributed by atoms with van der Waals surface area (Å²) in [5, 5.41) is 9.33. The van der Waals surface area contributed by atoms with Gasteiger partial charge in [-0.3, -0.25) is 0 Å². The molecule has 96 valence electrons. The van der Waals surface area contributed by atoms with Crippen molar-refractivity contribution < 1.29 is 23.4 Å². The molecule has 1 rings (SSSR count). The molecule has 0 fully saturated rings. The Labute approximate surface area is 110 Å². The summed E-state index contributed by atoms with van der Waals surface area (Å²) in [6.45, 7) is 0. The summed E-state index contributed by atoms with van der Waals surface area (Å²) in [6.07, 6.45) is -2.07. The van der Waals surface area contributed by atoms with E-state index < -0.39 is 10.9 Å². The standard InChI is InChI=1S/C10H10BrClF2O3/c1-16-6-4-3-5(7(12)8(6)17-2)9(15)10(11,13)14/h3-4,9,15H,1-2H3. The van der Waals surface area contributed by atoms with Gasteiger partial charge in [-0.25, -0.2) is 0 Å². The van der Waals surface area contributed by atoms with Gasteiger partial charge < -0.3 is 14.6 Å². The number of ether oxygens (including phenoxy) is 2. The number of methoxy groups -OCH3 is 2. The van der Waals surface area contributed by atoms with Gasteiger partial charge in [0.1, 0.15) is 0 Å². The van der Waals surface area contributed by atoms with E-state index in [1.165, 1.54) is 26.4 Å². The number of benzene rings is 1. The fraction of sp³-hybridized carbons (Fsp3) is 0.400. The molecule has 1 unspecified atom stereocenters. The Kier molecular flexibility index (Phi) is 4.57. The number of halogens is 4. The second-order valence-electron chi connectivity index (χ2n) is 3.15. The average molecular weight is 332 g/mol. The van der Waals surface area contributed by atoms with E-state index >= 15 is 0 Å². The third kappa shape index (κ3) is 3.00. The smallest absolute Gasteiger partial charge is 0.330 e. The van der Waals surface area contributed by atoms with Gasteiger partial charge in [0.2, 0.25) is 0 Å². The Morgan fingerprint density at radius 3 is 2.35 bits per heavy atom. The maximum absolute atomic E-state index is 12.9. The molecule has 0 amide bonds. The van der Waals surface area contributed by atoms with E-state index in [9.17, 15) is 13.9 Å². The van der Waals surface area contributed by atoms with E-state index in [-0.39, 0.29) is 16.3 Å². The zero-order chi connectivity index (χ0) is 13.2. The fourth-order valence-corrected chi connectivity index (χ4v) is 1.88. The molecule has 17 heavy (non-hydrogen) atoms. The first kappa shape index (κ1) is 14.5. The molecule has 0 aliphatic carbocycles. The van der Waals surface area contributed by atoms with E-state index in [0.29, 0.717) is 5.75 Å². The molecular weight excluding hydrogens is 321 g/mol. The molecule has 0 saturated carbocycles. The number of alkyl halides is 3. The van der Waals surface area contributed by atoms with Crippen molar-refractivity contribution in [1.82, 2.24) is 0 Å². The van der Waals surface area contributed by atoms with Crippen LogP contribution in [0.5, 0.6) is 11.5 Å². The minimum absolute atomic E-state index is 0.0995. The van der Waals surface area contributed by atoms with Gasteiger partial charge in [-0.15, -0.1) is 0 Å². The molecule has 7 heteroatoms. The molecular formula is C10H10BrClF2O3. The van der Waals surface area contributed by atoms with Gasteiger partial charge in [0, 0.05) is 5.56 Å². The van der Waals surface area contributed by atoms with E-state index in [2.05, 4.69) is 15.9 Å². The summed E-state index contributed by atoms with van der Waals surface area (Å²) in [7, 11) is 2.72. The summed E-state index contributed by atoms with van der Waals surface area (Å²) < 4.78 is 35.8. The molecule has 1 atom stereocenters. The van der Waals surface area contributed by atoms with Crippen LogP contribution in [-0.2, 0) is 0 Å². The molecule has 1 N–H and O–H groups in total. The SMILES string of the molecule is COc1ccc(C(O)C(F)(F)Br)c(Cl)c1OC. The third-order valence-corrected chi connectivity index (χ3v) is 2.94. The van der Waals surface area contributed by atoms with Crippen LogP contribution in [0, 0.1) is 0 Å². The Morgan fingerprint density at radius 2 is 1.94 bits per heavy atom. The van der Waals surface area contributed by atoms with E-state index in [0.717, 1.165) is 0 Å². The maximum Gasteiger partial charge on any atom is 0.330 e. The topological polar surface area (TPSA) is 38.7 Å². The van der Waals surface area contributed by atoms with Crippen LogP contribution in [0.4, 0.5) is 8.78 Å². The minimum atomic E-state index is -3.48. The first-order valence-corrected chi connectivity index (χ1v) is 5.65. The normalized spacial score (nSPS) is 13.4. The highest BCUT2D eigenvalue weighted by Gasteiger charge is 2.38. The molecule has 3 nitrogen and oxygen atoms in total. The number of aliphatic hydroxyl groups is 1. The summed E-state index contributed by atoms with van der Waals surface area (Å²) in [5.74, 6) is 0.397. The van der Waals surface area contributed by atoms with E-state index in [1.54, 1.807) is 0 Å². The molecule has 0 radical (unpaired) electrons. The zero-order valence-corrected chi connectivity index (χ0v) is 11.3. The van der Waals surface area contributed by atoms with Gasteiger partial charge in [0.05, 0.1) is 19.2 Å². The molecule has 0 aliphatic rings. The van der Waals surface area contributed by atoms with Crippen LogP contribution in [0.3, 0.4) is 0 Å². The molecule has 0 saturated heterocycles. The first-order chi connectivity index (χ1) is 7.82. The van der Waals surface area contributed by atoms with Crippen LogP contribution >= 0.6 is 27.5 Å².